The largest absolute Gasteiger partial charge is 0.261 e. The Morgan fingerprint density at radius 1 is 0.467 bits per heavy atom. The van der Waals surface area contributed by atoms with Crippen LogP contribution < -0.4 is 0 Å². The fourth-order valence-corrected chi connectivity index (χ4v) is 6.61. The minimum atomic E-state index is -0.0361. The van der Waals surface area contributed by atoms with Crippen LogP contribution in [0.5, 0.6) is 0 Å². The zero-order valence-electron chi connectivity index (χ0n) is 25.4. The summed E-state index contributed by atoms with van der Waals surface area (Å²) >= 11 is 0. The normalized spacial score (nSPS) is 14.5. The molecule has 0 N–H and O–H groups in total. The number of nitrogens with zero attached hydrogens (tertiary/aromatic N) is 4. The summed E-state index contributed by atoms with van der Waals surface area (Å²) in [5, 5.41) is 0. The Kier molecular flexibility index (Phi) is 6.57. The summed E-state index contributed by atoms with van der Waals surface area (Å²) in [4.78, 5) is 19.8. The van der Waals surface area contributed by atoms with Crippen LogP contribution in [0.3, 0.4) is 0 Å². The Bertz CT molecular complexity index is 2070. The summed E-state index contributed by atoms with van der Waals surface area (Å²) < 4.78 is 0. The molecule has 1 aliphatic heterocycles. The third kappa shape index (κ3) is 4.89. The van der Waals surface area contributed by atoms with E-state index in [1.807, 2.05) is 66.9 Å². The molecule has 0 bridgehead atoms. The van der Waals surface area contributed by atoms with E-state index < -0.39 is 0 Å². The van der Waals surface area contributed by atoms with E-state index in [4.69, 9.17) is 19.9 Å². The summed E-state index contributed by atoms with van der Waals surface area (Å²) in [6.07, 6.45) is 6.18. The molecule has 6 aromatic rings. The predicted molar refractivity (Wildman–Crippen MR) is 185 cm³/mol. The molecule has 45 heavy (non-hydrogen) atoms. The van der Waals surface area contributed by atoms with Gasteiger partial charge in [0.15, 0.2) is 17.5 Å². The number of aromatic nitrogens is 3. The lowest BCUT2D eigenvalue weighted by Crippen LogP contribution is -2.14. The number of aliphatic imine (C=N–C) groups is 1. The lowest BCUT2D eigenvalue weighted by Gasteiger charge is -2.21. The summed E-state index contributed by atoms with van der Waals surface area (Å²) in [6, 6.07) is 42.6. The van der Waals surface area contributed by atoms with Gasteiger partial charge < -0.3 is 0 Å². The van der Waals surface area contributed by atoms with Crippen LogP contribution in [0, 0.1) is 0 Å². The number of hydrogen-bond acceptors (Lipinski definition) is 4. The Balaban J connectivity index is 1.33. The number of allylic oxidation sites excluding steroid dienone is 1. The zero-order chi connectivity index (χ0) is 30.4. The molecule has 2 aliphatic rings. The first-order valence-electron chi connectivity index (χ1n) is 15.5. The second-order valence-electron chi connectivity index (χ2n) is 12.2. The van der Waals surface area contributed by atoms with Crippen molar-refractivity contribution in [3.63, 3.8) is 0 Å². The van der Waals surface area contributed by atoms with E-state index in [0.717, 1.165) is 51.9 Å². The van der Waals surface area contributed by atoms with Crippen LogP contribution in [0.4, 0.5) is 0 Å². The van der Waals surface area contributed by atoms with Gasteiger partial charge in [0.1, 0.15) is 0 Å². The lowest BCUT2D eigenvalue weighted by atomic mass is 9.82. The Labute approximate surface area is 263 Å². The second kappa shape index (κ2) is 10.9. The van der Waals surface area contributed by atoms with Crippen molar-refractivity contribution in [1.29, 1.82) is 0 Å². The van der Waals surface area contributed by atoms with E-state index >= 15 is 0 Å². The molecule has 0 spiro atoms. The van der Waals surface area contributed by atoms with Crippen molar-refractivity contribution in [3.8, 4) is 56.4 Å². The first-order valence-corrected chi connectivity index (χ1v) is 15.5. The van der Waals surface area contributed by atoms with Crippen molar-refractivity contribution >= 4 is 11.9 Å². The van der Waals surface area contributed by atoms with Gasteiger partial charge in [-0.15, -0.1) is 0 Å². The molecular formula is C41H32N4. The highest BCUT2D eigenvalue weighted by Crippen LogP contribution is 2.49. The van der Waals surface area contributed by atoms with Crippen LogP contribution in [0.15, 0.2) is 132 Å². The third-order valence-electron chi connectivity index (χ3n) is 8.97. The van der Waals surface area contributed by atoms with E-state index in [1.54, 1.807) is 0 Å². The maximum Gasteiger partial charge on any atom is 0.164 e. The van der Waals surface area contributed by atoms with E-state index in [1.165, 1.54) is 22.3 Å². The molecule has 0 unspecified atom stereocenters. The fraction of sp³-hybridized carbons (Fsp3) is 0.122. The van der Waals surface area contributed by atoms with Gasteiger partial charge in [-0.2, -0.15) is 0 Å². The Morgan fingerprint density at radius 2 is 1.04 bits per heavy atom. The zero-order valence-corrected chi connectivity index (χ0v) is 25.4. The van der Waals surface area contributed by atoms with Crippen LogP contribution in [0.25, 0.3) is 62.1 Å². The molecule has 0 radical (unpaired) electrons. The minimum absolute atomic E-state index is 0.0361. The Hall–Kier alpha value is -5.48. The molecule has 2 heterocycles. The molecule has 5 aromatic carbocycles. The predicted octanol–water partition coefficient (Wildman–Crippen LogP) is 10.1. The smallest absolute Gasteiger partial charge is 0.164 e. The first-order chi connectivity index (χ1) is 22.0. The van der Waals surface area contributed by atoms with Crippen molar-refractivity contribution in [1.82, 2.24) is 15.0 Å². The standard InChI is InChI=1S/C41H32N4/c1-41(2)35-18-10-9-17-33(35)34-26-29(20-21-36(34)41)30-23-31(37-19-11-12-22-42-37)25-32(24-30)40-44-38(27-13-5-3-6-14-27)43-39(45-40)28-15-7-4-8-16-28/h3-10,13-26H,11-12H2,1-2H3. The molecule has 0 saturated carbocycles. The maximum atomic E-state index is 5.05. The first kappa shape index (κ1) is 27.1. The summed E-state index contributed by atoms with van der Waals surface area (Å²) in [6.45, 7) is 4.64. The average Bonchev–Trinajstić information content (AvgIpc) is 3.34. The van der Waals surface area contributed by atoms with Gasteiger partial charge in [-0.3, -0.25) is 4.99 Å². The van der Waals surface area contributed by atoms with Crippen LogP contribution in [-0.2, 0) is 5.41 Å². The van der Waals surface area contributed by atoms with Gasteiger partial charge in [0.2, 0.25) is 0 Å². The average molecular weight is 581 g/mol. The van der Waals surface area contributed by atoms with Crippen LogP contribution in [0.2, 0.25) is 0 Å². The molecule has 0 atom stereocenters. The third-order valence-corrected chi connectivity index (χ3v) is 8.97. The fourth-order valence-electron chi connectivity index (χ4n) is 6.61. The summed E-state index contributed by atoms with van der Waals surface area (Å²) in [5.74, 6) is 1.94. The highest BCUT2D eigenvalue weighted by molar-refractivity contribution is 5.87. The van der Waals surface area contributed by atoms with E-state index in [9.17, 15) is 0 Å². The number of hydrogen-bond donors (Lipinski definition) is 0. The van der Waals surface area contributed by atoms with Crippen molar-refractivity contribution in [2.75, 3.05) is 0 Å². The van der Waals surface area contributed by atoms with Gasteiger partial charge in [0.25, 0.3) is 0 Å². The number of fused-ring (bicyclic) bond motifs is 3. The molecule has 0 amide bonds. The van der Waals surface area contributed by atoms with Crippen molar-refractivity contribution in [2.45, 2.75) is 32.1 Å². The van der Waals surface area contributed by atoms with Crippen LogP contribution >= 0.6 is 0 Å². The second-order valence-corrected chi connectivity index (χ2v) is 12.2. The quantitative estimate of drug-likeness (QED) is 0.204. The molecule has 4 nitrogen and oxygen atoms in total. The number of rotatable bonds is 5. The minimum Gasteiger partial charge on any atom is -0.261 e. The van der Waals surface area contributed by atoms with Crippen LogP contribution in [0.1, 0.15) is 43.4 Å². The Morgan fingerprint density at radius 3 is 1.71 bits per heavy atom. The molecule has 8 rings (SSSR count). The van der Waals surface area contributed by atoms with E-state index in [-0.39, 0.29) is 5.41 Å². The van der Waals surface area contributed by atoms with Gasteiger partial charge >= 0.3 is 0 Å². The molecule has 0 fully saturated rings. The van der Waals surface area contributed by atoms with Gasteiger partial charge in [-0.1, -0.05) is 117 Å². The SMILES string of the molecule is CC1(C)c2ccccc2-c2cc(-c3cc(C4=CCCC=N4)cc(-c4nc(-c5ccccc5)nc(-c5ccccc5)n4)c3)ccc21. The molecule has 0 saturated heterocycles. The van der Waals surface area contributed by atoms with Gasteiger partial charge in [-0.05, 0) is 70.5 Å². The molecule has 1 aromatic heterocycles. The molecule has 216 valence electrons. The van der Waals surface area contributed by atoms with Crippen molar-refractivity contribution in [3.05, 3.63) is 144 Å². The molecule has 1 aliphatic carbocycles. The highest BCUT2D eigenvalue weighted by Gasteiger charge is 2.35. The monoisotopic (exact) mass is 580 g/mol. The summed E-state index contributed by atoms with van der Waals surface area (Å²) in [7, 11) is 0. The molecular weight excluding hydrogens is 548 g/mol. The van der Waals surface area contributed by atoms with E-state index in [0.29, 0.717) is 17.5 Å². The highest BCUT2D eigenvalue weighted by atomic mass is 15.0. The van der Waals surface area contributed by atoms with Gasteiger partial charge in [-0.25, -0.2) is 15.0 Å². The van der Waals surface area contributed by atoms with Crippen molar-refractivity contribution < 1.29 is 0 Å². The number of benzene rings is 5. The topological polar surface area (TPSA) is 51.0 Å². The van der Waals surface area contributed by atoms with Gasteiger partial charge in [0, 0.05) is 33.9 Å². The molecule has 4 heteroatoms. The van der Waals surface area contributed by atoms with Crippen molar-refractivity contribution in [2.24, 2.45) is 4.99 Å². The van der Waals surface area contributed by atoms with Crippen LogP contribution in [-0.4, -0.2) is 21.2 Å². The van der Waals surface area contributed by atoms with Gasteiger partial charge in [0.05, 0.1) is 5.70 Å². The maximum absolute atomic E-state index is 5.05. The summed E-state index contributed by atoms with van der Waals surface area (Å²) in [5.41, 5.74) is 12.5. The van der Waals surface area contributed by atoms with E-state index in [2.05, 4.69) is 80.6 Å². The lowest BCUT2D eigenvalue weighted by molar-refractivity contribution is 0.660.